The maximum atomic E-state index is 12.3. The Bertz CT molecular complexity index is 721. The number of H-pyrrole nitrogens is 1. The molecule has 116 valence electrons. The molecule has 0 radical (unpaired) electrons. The summed E-state index contributed by atoms with van der Waals surface area (Å²) in [6.07, 6.45) is 0. The van der Waals surface area contributed by atoms with Gasteiger partial charge in [-0.05, 0) is 37.6 Å². The van der Waals surface area contributed by atoms with Crippen LogP contribution in [0.25, 0.3) is 0 Å². The van der Waals surface area contributed by atoms with E-state index < -0.39 is 5.97 Å². The van der Waals surface area contributed by atoms with E-state index in [0.717, 1.165) is 0 Å². The van der Waals surface area contributed by atoms with Gasteiger partial charge in [0.05, 0.1) is 18.4 Å². The number of ketones is 1. The first-order valence-electron chi connectivity index (χ1n) is 6.63. The third kappa shape index (κ3) is 3.31. The van der Waals surface area contributed by atoms with Crippen molar-refractivity contribution in [2.24, 2.45) is 0 Å². The molecule has 2 rings (SSSR count). The van der Waals surface area contributed by atoms with Crippen LogP contribution in [0.15, 0.2) is 24.3 Å². The number of hydrogen-bond acceptors (Lipinski definition) is 4. The van der Waals surface area contributed by atoms with Gasteiger partial charge in [-0.2, -0.15) is 0 Å². The molecule has 22 heavy (non-hydrogen) atoms. The molecule has 1 aromatic heterocycles. The number of halogens is 1. The lowest BCUT2D eigenvalue weighted by Gasteiger charge is -2.05. The highest BCUT2D eigenvalue weighted by Gasteiger charge is 2.22. The van der Waals surface area contributed by atoms with Crippen molar-refractivity contribution in [3.05, 3.63) is 51.8 Å². The highest BCUT2D eigenvalue weighted by Crippen LogP contribution is 2.21. The van der Waals surface area contributed by atoms with E-state index in [1.165, 1.54) is 7.11 Å². The van der Waals surface area contributed by atoms with Gasteiger partial charge in [0.15, 0.2) is 6.61 Å². The average molecular weight is 322 g/mol. The summed E-state index contributed by atoms with van der Waals surface area (Å²) in [5, 5.41) is 0.532. The molecule has 0 saturated heterocycles. The number of rotatable bonds is 5. The number of benzene rings is 1. The normalized spacial score (nSPS) is 10.4. The molecular formula is C16H16ClNO4. The Kier molecular flexibility index (Phi) is 4.88. The Hall–Kier alpha value is -2.27. The zero-order chi connectivity index (χ0) is 16.3. The summed E-state index contributed by atoms with van der Waals surface area (Å²) in [7, 11) is 1.30. The van der Waals surface area contributed by atoms with Gasteiger partial charge in [0.25, 0.3) is 0 Å². The Morgan fingerprint density at radius 2 is 2.00 bits per heavy atom. The lowest BCUT2D eigenvalue weighted by Crippen LogP contribution is -2.13. The highest BCUT2D eigenvalue weighted by atomic mass is 35.5. The van der Waals surface area contributed by atoms with E-state index in [1.54, 1.807) is 38.1 Å². The SMILES string of the molecule is COC(=O)c1c(C)[nH]c(C(=O)COc2cccc(Cl)c2)c1C. The van der Waals surface area contributed by atoms with Crippen molar-refractivity contribution in [2.45, 2.75) is 13.8 Å². The van der Waals surface area contributed by atoms with Crippen molar-refractivity contribution < 1.29 is 19.1 Å². The number of esters is 1. The Balaban J connectivity index is 2.15. The quantitative estimate of drug-likeness (QED) is 0.677. The Morgan fingerprint density at radius 3 is 2.64 bits per heavy atom. The second-order valence-electron chi connectivity index (χ2n) is 4.79. The first-order chi connectivity index (χ1) is 10.4. The maximum Gasteiger partial charge on any atom is 0.339 e. The van der Waals surface area contributed by atoms with E-state index in [1.807, 2.05) is 0 Å². The van der Waals surface area contributed by atoms with Gasteiger partial charge in [-0.1, -0.05) is 17.7 Å². The molecule has 1 aromatic carbocycles. The molecule has 0 bridgehead atoms. The molecule has 1 N–H and O–H groups in total. The fraction of sp³-hybridized carbons (Fsp3) is 0.250. The van der Waals surface area contributed by atoms with Crippen molar-refractivity contribution in [1.82, 2.24) is 4.98 Å². The third-order valence-electron chi connectivity index (χ3n) is 3.27. The number of carbonyl (C=O) groups is 2. The molecule has 0 aliphatic rings. The summed E-state index contributed by atoms with van der Waals surface area (Å²) in [6.45, 7) is 3.26. The van der Waals surface area contributed by atoms with Crippen LogP contribution < -0.4 is 4.74 Å². The van der Waals surface area contributed by atoms with E-state index in [4.69, 9.17) is 21.1 Å². The van der Waals surface area contributed by atoms with Crippen molar-refractivity contribution in [3.8, 4) is 5.75 Å². The predicted molar refractivity (Wildman–Crippen MR) is 82.9 cm³/mol. The van der Waals surface area contributed by atoms with E-state index in [9.17, 15) is 9.59 Å². The minimum absolute atomic E-state index is 0.151. The van der Waals surface area contributed by atoms with Crippen molar-refractivity contribution >= 4 is 23.4 Å². The third-order valence-corrected chi connectivity index (χ3v) is 3.51. The number of aromatic nitrogens is 1. The van der Waals surface area contributed by atoms with Gasteiger partial charge < -0.3 is 14.5 Å². The van der Waals surface area contributed by atoms with Crippen molar-refractivity contribution in [1.29, 1.82) is 0 Å². The fourth-order valence-electron chi connectivity index (χ4n) is 2.21. The molecule has 6 heteroatoms. The monoisotopic (exact) mass is 321 g/mol. The van der Waals surface area contributed by atoms with Gasteiger partial charge in [0, 0.05) is 10.7 Å². The molecule has 1 heterocycles. The predicted octanol–water partition coefficient (Wildman–Crippen LogP) is 3.33. The fourth-order valence-corrected chi connectivity index (χ4v) is 2.40. The maximum absolute atomic E-state index is 12.3. The molecular weight excluding hydrogens is 306 g/mol. The Morgan fingerprint density at radius 1 is 1.27 bits per heavy atom. The summed E-state index contributed by atoms with van der Waals surface area (Å²) in [6, 6.07) is 6.80. The van der Waals surface area contributed by atoms with Crippen LogP contribution in [0.2, 0.25) is 5.02 Å². The van der Waals surface area contributed by atoms with Crippen LogP contribution >= 0.6 is 11.6 Å². The van der Waals surface area contributed by atoms with E-state index in [0.29, 0.717) is 33.3 Å². The number of carbonyl (C=O) groups excluding carboxylic acids is 2. The number of hydrogen-bond donors (Lipinski definition) is 1. The second kappa shape index (κ2) is 6.66. The van der Waals surface area contributed by atoms with Gasteiger partial charge in [0.2, 0.25) is 5.78 Å². The molecule has 0 unspecified atom stereocenters. The van der Waals surface area contributed by atoms with Crippen LogP contribution in [0.3, 0.4) is 0 Å². The lowest BCUT2D eigenvalue weighted by molar-refractivity contribution is 0.0599. The van der Waals surface area contributed by atoms with Crippen molar-refractivity contribution in [2.75, 3.05) is 13.7 Å². The number of Topliss-reactive ketones (excluding diaryl/α,β-unsaturated/α-hetero) is 1. The lowest BCUT2D eigenvalue weighted by atomic mass is 10.1. The second-order valence-corrected chi connectivity index (χ2v) is 5.22. The van der Waals surface area contributed by atoms with Crippen molar-refractivity contribution in [3.63, 3.8) is 0 Å². The van der Waals surface area contributed by atoms with Crippen LogP contribution in [0, 0.1) is 13.8 Å². The van der Waals surface area contributed by atoms with E-state index >= 15 is 0 Å². The highest BCUT2D eigenvalue weighted by molar-refractivity contribution is 6.30. The molecule has 0 saturated carbocycles. The van der Waals surface area contributed by atoms with Gasteiger partial charge in [0.1, 0.15) is 5.75 Å². The summed E-state index contributed by atoms with van der Waals surface area (Å²) in [5.41, 5.74) is 1.88. The summed E-state index contributed by atoms with van der Waals surface area (Å²) >= 11 is 5.85. The number of methoxy groups -OCH3 is 1. The van der Waals surface area contributed by atoms with E-state index in [2.05, 4.69) is 4.98 Å². The minimum Gasteiger partial charge on any atom is -0.485 e. The molecule has 0 amide bonds. The molecule has 0 aliphatic carbocycles. The smallest absolute Gasteiger partial charge is 0.339 e. The van der Waals surface area contributed by atoms with Crippen LogP contribution in [-0.4, -0.2) is 30.5 Å². The van der Waals surface area contributed by atoms with Crippen LogP contribution in [0.1, 0.15) is 32.1 Å². The zero-order valence-corrected chi connectivity index (χ0v) is 13.3. The summed E-state index contributed by atoms with van der Waals surface area (Å²) in [4.78, 5) is 26.9. The standard InChI is InChI=1S/C16H16ClNO4/c1-9-14(16(20)21-3)10(2)18-15(9)13(19)8-22-12-6-4-5-11(17)7-12/h4-7,18H,8H2,1-3H3. The number of aromatic amines is 1. The number of ether oxygens (including phenoxy) is 2. The molecule has 0 spiro atoms. The molecule has 0 fully saturated rings. The van der Waals surface area contributed by atoms with Gasteiger partial charge in [-0.15, -0.1) is 0 Å². The minimum atomic E-state index is -0.471. The average Bonchev–Trinajstić information content (AvgIpc) is 2.79. The van der Waals surface area contributed by atoms with E-state index in [-0.39, 0.29) is 12.4 Å². The number of aryl methyl sites for hydroxylation is 1. The van der Waals surface area contributed by atoms with Gasteiger partial charge in [-0.25, -0.2) is 4.79 Å². The van der Waals surface area contributed by atoms with Crippen LogP contribution in [-0.2, 0) is 4.74 Å². The van der Waals surface area contributed by atoms with Gasteiger partial charge in [-0.3, -0.25) is 4.79 Å². The Labute approximate surface area is 133 Å². The summed E-state index contributed by atoms with van der Waals surface area (Å²) < 4.78 is 10.1. The number of nitrogens with one attached hydrogen (secondary N) is 1. The summed E-state index contributed by atoms with van der Waals surface area (Å²) in [5.74, 6) is -0.216. The van der Waals surface area contributed by atoms with Gasteiger partial charge >= 0.3 is 5.97 Å². The molecule has 5 nitrogen and oxygen atoms in total. The largest absolute Gasteiger partial charge is 0.485 e. The topological polar surface area (TPSA) is 68.4 Å². The zero-order valence-electron chi connectivity index (χ0n) is 12.5. The van der Waals surface area contributed by atoms with Crippen LogP contribution in [0.5, 0.6) is 5.75 Å². The first-order valence-corrected chi connectivity index (χ1v) is 7.01. The molecule has 0 aliphatic heterocycles. The first kappa shape index (κ1) is 16.1. The molecule has 0 atom stereocenters. The molecule has 2 aromatic rings. The van der Waals surface area contributed by atoms with Crippen LogP contribution in [0.4, 0.5) is 0 Å².